The van der Waals surface area contributed by atoms with E-state index in [1.807, 2.05) is 0 Å². The smallest absolute Gasteiger partial charge is 0.692 e. The van der Waals surface area contributed by atoms with Crippen LogP contribution in [0.4, 0.5) is 0 Å². The zero-order chi connectivity index (χ0) is 16.2. The van der Waals surface area contributed by atoms with E-state index < -0.39 is 0 Å². The summed E-state index contributed by atoms with van der Waals surface area (Å²) in [6.45, 7) is 6.92. The molecule has 0 aliphatic heterocycles. The molecule has 0 spiro atoms. The molecule has 0 rings (SSSR count). The van der Waals surface area contributed by atoms with Gasteiger partial charge in [0.1, 0.15) is 0 Å². The molecule has 0 saturated carbocycles. The first-order valence-corrected chi connectivity index (χ1v) is 5.34. The minimum atomic E-state index is 0. The Morgan fingerprint density at radius 1 is 0.762 bits per heavy atom. The predicted molar refractivity (Wildman–Crippen MR) is 76.7 cm³/mol. The summed E-state index contributed by atoms with van der Waals surface area (Å²) >= 11 is 0. The second kappa shape index (κ2) is 26.9. The van der Waals surface area contributed by atoms with E-state index in [1.165, 1.54) is 47.2 Å². The maximum Gasteiger partial charge on any atom is 3.00 e. The summed E-state index contributed by atoms with van der Waals surface area (Å²) in [6.07, 6.45) is 6.55. The van der Waals surface area contributed by atoms with Gasteiger partial charge in [0, 0.05) is 7.11 Å². The molecule has 7 heteroatoms. The molecule has 0 atom stereocenters. The molecule has 0 radical (unpaired) electrons. The third kappa shape index (κ3) is 38.1. The molecule has 0 aliphatic rings. The van der Waals surface area contributed by atoms with Crippen molar-refractivity contribution in [2.24, 2.45) is 0 Å². The van der Waals surface area contributed by atoms with Gasteiger partial charge in [0.15, 0.2) is 0 Å². The van der Waals surface area contributed by atoms with Crippen LogP contribution in [-0.2, 0) is 48.5 Å². The van der Waals surface area contributed by atoms with Crippen LogP contribution in [0, 0.1) is 20.1 Å². The third-order valence-electron chi connectivity index (χ3n) is 1.31. The summed E-state index contributed by atoms with van der Waals surface area (Å²) in [7, 11) is 9.21. The SMILES string of the molecule is CO[C-]=COC.[CH2-]/C(=C/OC)OC.[CH2-]/C(=C\OC)OC.[Ir+3]. The average Bonchev–Trinajstić information content (AvgIpc) is 2.46. The number of allylic oxidation sites excluding steroid dienone is 2. The molecule has 0 amide bonds. The summed E-state index contributed by atoms with van der Waals surface area (Å²) in [5, 5.41) is 0. The summed E-state index contributed by atoms with van der Waals surface area (Å²) < 4.78 is 27.1. The maximum absolute atomic E-state index is 4.62. The van der Waals surface area contributed by atoms with Gasteiger partial charge in [-0.25, -0.2) is 13.8 Å². The minimum Gasteiger partial charge on any atom is -0.692 e. The molecule has 0 N–H and O–H groups in total. The van der Waals surface area contributed by atoms with Gasteiger partial charge in [0.25, 0.3) is 0 Å². The molecule has 6 nitrogen and oxygen atoms in total. The molecule has 0 aromatic heterocycles. The van der Waals surface area contributed by atoms with Crippen molar-refractivity contribution in [1.29, 1.82) is 0 Å². The van der Waals surface area contributed by atoms with Crippen molar-refractivity contribution in [3.05, 3.63) is 50.4 Å². The number of hydrogen-bond donors (Lipinski definition) is 0. The fourth-order valence-electron chi connectivity index (χ4n) is 0.455. The van der Waals surface area contributed by atoms with E-state index >= 15 is 0 Å². The van der Waals surface area contributed by atoms with Gasteiger partial charge in [-0.3, -0.25) is 6.26 Å². The van der Waals surface area contributed by atoms with Crippen LogP contribution in [0.25, 0.3) is 0 Å². The fourth-order valence-corrected chi connectivity index (χ4v) is 0.455. The van der Waals surface area contributed by atoms with Crippen LogP contribution >= 0.6 is 0 Å². The molecule has 0 aromatic rings. The van der Waals surface area contributed by atoms with Gasteiger partial charge in [0.2, 0.25) is 0 Å². The predicted octanol–water partition coefficient (Wildman–Crippen LogP) is 2.46. The Balaban J connectivity index is -0.000000101. The maximum atomic E-state index is 4.62. The van der Waals surface area contributed by atoms with Crippen LogP contribution < -0.4 is 0 Å². The van der Waals surface area contributed by atoms with E-state index in [1.54, 1.807) is 14.2 Å². The van der Waals surface area contributed by atoms with Crippen LogP contribution in [0.1, 0.15) is 0 Å². The van der Waals surface area contributed by atoms with Crippen molar-refractivity contribution in [2.45, 2.75) is 0 Å². The molecule has 0 saturated heterocycles. The van der Waals surface area contributed by atoms with Gasteiger partial charge >= 0.3 is 20.1 Å². The second-order valence-corrected chi connectivity index (χ2v) is 2.72. The van der Waals surface area contributed by atoms with E-state index in [9.17, 15) is 0 Å². The molecule has 0 aliphatic carbocycles. The molecule has 0 bridgehead atoms. The molecular weight excluding hydrogens is 456 g/mol. The summed E-state index contributed by atoms with van der Waals surface area (Å²) in [5.74, 6) is 1.06. The van der Waals surface area contributed by atoms with Crippen molar-refractivity contribution in [2.75, 3.05) is 42.7 Å². The van der Waals surface area contributed by atoms with E-state index in [-0.39, 0.29) is 20.1 Å². The zero-order valence-corrected chi connectivity index (χ0v) is 15.8. The van der Waals surface area contributed by atoms with Crippen molar-refractivity contribution in [3.63, 3.8) is 0 Å². The first kappa shape index (κ1) is 27.7. The molecule has 0 aromatic carbocycles. The van der Waals surface area contributed by atoms with Crippen molar-refractivity contribution in [1.82, 2.24) is 0 Å². The number of ether oxygens (including phenoxy) is 6. The fraction of sp³-hybridized carbons (Fsp3) is 0.429. The Morgan fingerprint density at radius 2 is 1.14 bits per heavy atom. The Kier molecular flexibility index (Phi) is 35.4. The second-order valence-electron chi connectivity index (χ2n) is 2.72. The standard InChI is InChI=1S/2C5H9O2.C4H7O2.Ir/c2*1-5(7-3)4-6-2;1-5-3-4-6-2;/h2*4H,1H2,2-3H3;3H,1-2H3;/q3*-1;+3/b5-4+;5-4-;;. The van der Waals surface area contributed by atoms with Crippen LogP contribution in [-0.4, -0.2) is 42.7 Å². The molecule has 0 fully saturated rings. The van der Waals surface area contributed by atoms with Crippen LogP contribution in [0.5, 0.6) is 0 Å². The Hall–Kier alpha value is -1.59. The van der Waals surface area contributed by atoms with E-state index in [2.05, 4.69) is 48.5 Å². The van der Waals surface area contributed by atoms with E-state index in [4.69, 9.17) is 0 Å². The molecule has 21 heavy (non-hydrogen) atoms. The van der Waals surface area contributed by atoms with Crippen LogP contribution in [0.2, 0.25) is 0 Å². The molecule has 126 valence electrons. The van der Waals surface area contributed by atoms with Crippen molar-refractivity contribution >= 4 is 0 Å². The van der Waals surface area contributed by atoms with Gasteiger partial charge < -0.3 is 28.4 Å². The topological polar surface area (TPSA) is 55.4 Å². The van der Waals surface area contributed by atoms with Crippen LogP contribution in [0.15, 0.2) is 30.3 Å². The number of hydrogen-bond acceptors (Lipinski definition) is 6. The largest absolute Gasteiger partial charge is 3.00 e. The first-order chi connectivity index (χ1) is 9.53. The first-order valence-electron chi connectivity index (χ1n) is 5.34. The normalized spacial score (nSPS) is 9.81. The zero-order valence-electron chi connectivity index (χ0n) is 13.4. The number of methoxy groups -OCH3 is 6. The van der Waals surface area contributed by atoms with E-state index in [0.717, 1.165) is 0 Å². The minimum absolute atomic E-state index is 0. The van der Waals surface area contributed by atoms with Gasteiger partial charge in [-0.05, 0) is 24.0 Å². The quantitative estimate of drug-likeness (QED) is 0.429. The van der Waals surface area contributed by atoms with Crippen LogP contribution in [0.3, 0.4) is 0 Å². The summed E-state index contributed by atoms with van der Waals surface area (Å²) in [4.78, 5) is 0. The Bertz CT molecular complexity index is 238. The Labute approximate surface area is 142 Å². The van der Waals surface area contributed by atoms with Crippen molar-refractivity contribution < 1.29 is 48.5 Å². The van der Waals surface area contributed by atoms with Gasteiger partial charge in [-0.15, -0.1) is 0 Å². The molecule has 0 heterocycles. The third-order valence-corrected chi connectivity index (χ3v) is 1.31. The van der Waals surface area contributed by atoms with E-state index in [0.29, 0.717) is 11.5 Å². The monoisotopic (exact) mass is 482 g/mol. The number of rotatable bonds is 6. The van der Waals surface area contributed by atoms with Gasteiger partial charge in [0.05, 0.1) is 35.5 Å². The molecular formula is C14H25IrO6. The summed E-state index contributed by atoms with van der Waals surface area (Å²) in [6, 6.07) is 0. The Morgan fingerprint density at radius 3 is 1.24 bits per heavy atom. The molecule has 0 unspecified atom stereocenters. The van der Waals surface area contributed by atoms with Gasteiger partial charge in [-0.1, -0.05) is 6.26 Å². The van der Waals surface area contributed by atoms with Crippen molar-refractivity contribution in [3.8, 4) is 0 Å². The average molecular weight is 482 g/mol. The van der Waals surface area contributed by atoms with Gasteiger partial charge in [-0.2, -0.15) is 0 Å². The summed E-state index contributed by atoms with van der Waals surface area (Å²) in [5.41, 5.74) is 0.